The van der Waals surface area contributed by atoms with Crippen molar-refractivity contribution in [1.29, 1.82) is 0 Å². The first-order valence-electron chi connectivity index (χ1n) is 37.9. The molecule has 0 bridgehead atoms. The average Bonchev–Trinajstić information content (AvgIpc) is 3.52. The van der Waals surface area contributed by atoms with Gasteiger partial charge in [-0.05, 0) is 51.4 Å². The molecule has 0 amide bonds. The first kappa shape index (κ1) is 81.6. The Kier molecular flexibility index (Phi) is 68.4. The summed E-state index contributed by atoms with van der Waals surface area (Å²) in [6.07, 6.45) is 68.6. The minimum Gasteiger partial charge on any atom is -0.494 e. The predicted octanol–water partition coefficient (Wildman–Crippen LogP) is 26.2. The summed E-state index contributed by atoms with van der Waals surface area (Å²) in [6.45, 7) is 21.7. The molecule has 0 spiro atoms. The van der Waals surface area contributed by atoms with Crippen molar-refractivity contribution in [3.63, 3.8) is 0 Å². The lowest BCUT2D eigenvalue weighted by Crippen LogP contribution is -2.25. The van der Waals surface area contributed by atoms with Crippen LogP contribution in [0.4, 0.5) is 0 Å². The van der Waals surface area contributed by atoms with Crippen LogP contribution in [-0.4, -0.2) is 52.2 Å². The van der Waals surface area contributed by atoms with Crippen molar-refractivity contribution in [3.05, 3.63) is 23.0 Å². The van der Waals surface area contributed by atoms with Gasteiger partial charge in [-0.3, -0.25) is 0 Å². The number of unbranched alkanes of at least 4 members (excludes halogenated alkanes) is 44. The van der Waals surface area contributed by atoms with Crippen molar-refractivity contribution < 1.29 is 33.2 Å². The molecule has 0 saturated carbocycles. The zero-order valence-corrected chi connectivity index (χ0v) is 57.9. The first-order valence-corrected chi connectivity index (χ1v) is 37.9. The van der Waals surface area contributed by atoms with Crippen molar-refractivity contribution >= 4 is 0 Å². The number of allylic oxidation sites excluding steroid dienone is 2. The maximum Gasteiger partial charge on any atom is 0.162 e. The maximum absolute atomic E-state index is 7.05. The topological polar surface area (TPSA) is 64.6 Å². The molecule has 0 aromatic rings. The molecule has 0 aliphatic rings. The molecule has 83 heavy (non-hydrogen) atoms. The summed E-state index contributed by atoms with van der Waals surface area (Å²) in [5, 5.41) is 0. The molecule has 7 heteroatoms. The highest BCUT2D eigenvalue weighted by Crippen LogP contribution is 2.29. The highest BCUT2D eigenvalue weighted by Gasteiger charge is 2.26. The zero-order valence-electron chi connectivity index (χ0n) is 57.9. The van der Waals surface area contributed by atoms with Crippen LogP contribution in [-0.2, 0) is 33.2 Å². The van der Waals surface area contributed by atoms with Crippen molar-refractivity contribution in [2.24, 2.45) is 0 Å². The molecule has 0 aliphatic heterocycles. The molecular formula is C76H150O7. The van der Waals surface area contributed by atoms with Gasteiger partial charge in [-0.1, -0.05) is 351 Å². The van der Waals surface area contributed by atoms with E-state index in [-0.39, 0.29) is 25.8 Å². The Morgan fingerprint density at radius 2 is 0.422 bits per heavy atom. The minimum atomic E-state index is -0.224. The van der Waals surface area contributed by atoms with Crippen LogP contribution in [0.25, 0.3) is 0 Å². The molecule has 2 atom stereocenters. The Morgan fingerprint density at radius 1 is 0.217 bits per heavy atom. The second kappa shape index (κ2) is 69.7. The van der Waals surface area contributed by atoms with Gasteiger partial charge in [0.15, 0.2) is 25.1 Å². The Morgan fingerprint density at radius 3 is 0.675 bits per heavy atom. The summed E-state index contributed by atoms with van der Waals surface area (Å²) in [6, 6.07) is 0. The van der Waals surface area contributed by atoms with Crippen molar-refractivity contribution in [3.8, 4) is 0 Å². The van der Waals surface area contributed by atoms with Gasteiger partial charge in [0.25, 0.3) is 0 Å². The number of ether oxygens (including phenoxy) is 7. The summed E-state index contributed by atoms with van der Waals surface area (Å²) in [7, 11) is 0. The highest BCUT2D eigenvalue weighted by atomic mass is 16.7. The summed E-state index contributed by atoms with van der Waals surface area (Å²) in [5.74, 6) is 3.99. The molecule has 2 unspecified atom stereocenters. The fourth-order valence-corrected chi connectivity index (χ4v) is 11.5. The van der Waals surface area contributed by atoms with Crippen LogP contribution in [0.15, 0.2) is 23.0 Å². The smallest absolute Gasteiger partial charge is 0.162 e. The molecule has 0 aliphatic carbocycles. The number of hydrogen-bond acceptors (Lipinski definition) is 7. The average molecular weight is 1180 g/mol. The van der Waals surface area contributed by atoms with Gasteiger partial charge >= 0.3 is 0 Å². The normalized spacial score (nSPS) is 13.1. The van der Waals surface area contributed by atoms with E-state index in [0.29, 0.717) is 13.2 Å². The molecule has 7 nitrogen and oxygen atoms in total. The first-order chi connectivity index (χ1) is 41.1. The van der Waals surface area contributed by atoms with E-state index in [2.05, 4.69) is 55.4 Å². The third-order valence-corrected chi connectivity index (χ3v) is 17.1. The molecule has 0 rings (SSSR count). The molecule has 496 valence electrons. The lowest BCUT2D eigenvalue weighted by atomic mass is 10.0. The van der Waals surface area contributed by atoms with Gasteiger partial charge < -0.3 is 33.2 Å². The van der Waals surface area contributed by atoms with Crippen LogP contribution >= 0.6 is 0 Å². The molecule has 0 aromatic heterocycles. The SMILES string of the molecule is CCCCCCCCCCC(OCCCCCCCC)=C(OCCCCCCCC)C(CCCCCCCC)OCOCOC(CCCCCCCC)C(OCCCCCCCC)=C(CCCCCCCCCC)OCCCCCCCC. The van der Waals surface area contributed by atoms with Crippen LogP contribution in [0.2, 0.25) is 0 Å². The van der Waals surface area contributed by atoms with Gasteiger partial charge in [-0.2, -0.15) is 0 Å². The fraction of sp³-hybridized carbons (Fsp3) is 0.947. The molecule has 0 saturated heterocycles. The summed E-state index contributed by atoms with van der Waals surface area (Å²) < 4.78 is 48.6. The molecular weight excluding hydrogens is 1020 g/mol. The molecule has 0 fully saturated rings. The predicted molar refractivity (Wildman–Crippen MR) is 362 cm³/mol. The van der Waals surface area contributed by atoms with Gasteiger partial charge in [0.2, 0.25) is 0 Å². The third-order valence-electron chi connectivity index (χ3n) is 17.1. The maximum atomic E-state index is 7.05. The standard InChI is InChI=1S/C76H150O7/c1-9-17-25-33-41-43-47-53-61-71(78-65-57-49-37-29-21-13-5)75(80-67-59-51-39-31-23-15-7)73(63-55-45-35-27-19-11-3)82-69-77-70-83-74(64-56-46-36-28-20-12-4)76(81-68-60-52-40-32-24-16-8)72(79-66-58-50-38-30-22-14-6)62-54-48-44-42-34-26-18-10-2/h73-74H,9-70H2,1-8H3. The Balaban J connectivity index is 7.08. The Hall–Kier alpha value is -1.44. The largest absolute Gasteiger partial charge is 0.494 e. The van der Waals surface area contributed by atoms with E-state index in [4.69, 9.17) is 33.2 Å². The van der Waals surface area contributed by atoms with Gasteiger partial charge in [0.05, 0.1) is 26.4 Å². The van der Waals surface area contributed by atoms with E-state index in [1.165, 1.54) is 283 Å². The van der Waals surface area contributed by atoms with Crippen molar-refractivity contribution in [1.82, 2.24) is 0 Å². The lowest BCUT2D eigenvalue weighted by Gasteiger charge is -2.26. The van der Waals surface area contributed by atoms with Crippen LogP contribution in [0.1, 0.15) is 415 Å². The quantitative estimate of drug-likeness (QED) is 0.0342. The number of rotatable bonds is 72. The van der Waals surface area contributed by atoms with Crippen LogP contribution in [0.3, 0.4) is 0 Å². The van der Waals surface area contributed by atoms with E-state index >= 15 is 0 Å². The highest BCUT2D eigenvalue weighted by molar-refractivity contribution is 5.09. The lowest BCUT2D eigenvalue weighted by molar-refractivity contribution is -0.167. The van der Waals surface area contributed by atoms with E-state index in [1.54, 1.807) is 0 Å². The fourth-order valence-electron chi connectivity index (χ4n) is 11.5. The third kappa shape index (κ3) is 55.6. The minimum absolute atomic E-state index is 0.147. The summed E-state index contributed by atoms with van der Waals surface area (Å²) in [4.78, 5) is 0. The van der Waals surface area contributed by atoms with E-state index < -0.39 is 0 Å². The van der Waals surface area contributed by atoms with Gasteiger partial charge in [-0.15, -0.1) is 0 Å². The zero-order chi connectivity index (χ0) is 60.3. The molecule has 0 aromatic carbocycles. The summed E-state index contributed by atoms with van der Waals surface area (Å²) >= 11 is 0. The second-order valence-electron chi connectivity index (χ2n) is 25.4. The van der Waals surface area contributed by atoms with Crippen LogP contribution < -0.4 is 0 Å². The Labute approximate surface area is 521 Å². The number of hydrogen-bond donors (Lipinski definition) is 0. The van der Waals surface area contributed by atoms with Crippen molar-refractivity contribution in [2.45, 2.75) is 427 Å². The van der Waals surface area contributed by atoms with E-state index in [9.17, 15) is 0 Å². The second-order valence-corrected chi connectivity index (χ2v) is 25.4. The van der Waals surface area contributed by atoms with Crippen LogP contribution in [0.5, 0.6) is 0 Å². The van der Waals surface area contributed by atoms with E-state index in [1.807, 2.05) is 0 Å². The monoisotopic (exact) mass is 1180 g/mol. The van der Waals surface area contributed by atoms with Crippen molar-refractivity contribution in [2.75, 3.05) is 40.0 Å². The Bertz CT molecular complexity index is 1200. The van der Waals surface area contributed by atoms with Crippen LogP contribution in [0, 0.1) is 0 Å². The van der Waals surface area contributed by atoms with Gasteiger partial charge in [0.1, 0.15) is 23.7 Å². The van der Waals surface area contributed by atoms with Gasteiger partial charge in [0, 0.05) is 12.8 Å². The molecule has 0 heterocycles. The molecule has 0 N–H and O–H groups in total. The molecule has 0 radical (unpaired) electrons. The van der Waals surface area contributed by atoms with Gasteiger partial charge in [-0.25, -0.2) is 0 Å². The summed E-state index contributed by atoms with van der Waals surface area (Å²) in [5.41, 5.74) is 0. The van der Waals surface area contributed by atoms with E-state index in [0.717, 1.165) is 113 Å².